The number of aromatic nitrogens is 4. The number of nitrogens with zero attached hydrogens (tertiary/aromatic N) is 3. The normalized spacial score (nSPS) is 13.7. The van der Waals surface area contributed by atoms with Gasteiger partial charge in [-0.05, 0) is 13.0 Å². The molecule has 0 saturated carbocycles. The Morgan fingerprint density at radius 3 is 2.69 bits per heavy atom. The minimum Gasteiger partial charge on any atom is -0.325 e. The van der Waals surface area contributed by atoms with Gasteiger partial charge in [0.05, 0.1) is 17.0 Å². The van der Waals surface area contributed by atoms with Crippen molar-refractivity contribution < 1.29 is 13.2 Å². The Bertz CT molecular complexity index is 967. The SMILES string of the molecule is Cc1cc(Nc2nc(-c3ccccc3C(F)(F)F)nc3c2CSC3)[nH]n1. The van der Waals surface area contributed by atoms with Crippen LogP contribution >= 0.6 is 11.8 Å². The monoisotopic (exact) mass is 377 g/mol. The third kappa shape index (κ3) is 3.14. The van der Waals surface area contributed by atoms with Crippen molar-refractivity contribution >= 4 is 23.4 Å². The number of anilines is 2. The summed E-state index contributed by atoms with van der Waals surface area (Å²) in [4.78, 5) is 8.82. The fourth-order valence-corrected chi connectivity index (χ4v) is 3.86. The molecular weight excluding hydrogens is 363 g/mol. The first-order valence-corrected chi connectivity index (χ1v) is 9.00. The molecule has 0 saturated heterocycles. The van der Waals surface area contributed by atoms with E-state index in [2.05, 4.69) is 25.5 Å². The molecule has 0 atom stereocenters. The number of hydrogen-bond acceptors (Lipinski definition) is 5. The number of benzene rings is 1. The molecule has 0 unspecified atom stereocenters. The Hall–Kier alpha value is -2.55. The quantitative estimate of drug-likeness (QED) is 0.694. The summed E-state index contributed by atoms with van der Waals surface area (Å²) in [6.45, 7) is 1.84. The molecule has 3 heterocycles. The van der Waals surface area contributed by atoms with Gasteiger partial charge in [-0.15, -0.1) is 0 Å². The molecule has 9 heteroatoms. The number of hydrogen-bond donors (Lipinski definition) is 2. The number of alkyl halides is 3. The molecule has 5 nitrogen and oxygen atoms in total. The van der Waals surface area contributed by atoms with Crippen LogP contribution in [0.25, 0.3) is 11.4 Å². The average molecular weight is 377 g/mol. The van der Waals surface area contributed by atoms with Gasteiger partial charge in [0.25, 0.3) is 0 Å². The zero-order chi connectivity index (χ0) is 18.3. The van der Waals surface area contributed by atoms with E-state index in [0.717, 1.165) is 23.0 Å². The van der Waals surface area contributed by atoms with Crippen molar-refractivity contribution in [1.29, 1.82) is 0 Å². The standard InChI is InChI=1S/C17H14F3N5S/c1-9-6-14(25-24-9)22-16-11-7-26-8-13(11)21-15(23-16)10-4-2-3-5-12(10)17(18,19)20/h2-6H,7-8H2,1H3,(H2,21,22,23,24,25). The van der Waals surface area contributed by atoms with Gasteiger partial charge in [-0.1, -0.05) is 18.2 Å². The lowest BCUT2D eigenvalue weighted by atomic mass is 10.1. The summed E-state index contributed by atoms with van der Waals surface area (Å²) in [5.74, 6) is 2.57. The van der Waals surface area contributed by atoms with Crippen molar-refractivity contribution in [2.24, 2.45) is 0 Å². The van der Waals surface area contributed by atoms with Crippen LogP contribution in [0.2, 0.25) is 0 Å². The Morgan fingerprint density at radius 1 is 1.15 bits per heavy atom. The Morgan fingerprint density at radius 2 is 1.96 bits per heavy atom. The molecular formula is C17H14F3N5S. The fourth-order valence-electron chi connectivity index (χ4n) is 2.81. The number of aromatic amines is 1. The van der Waals surface area contributed by atoms with E-state index in [4.69, 9.17) is 0 Å². The van der Waals surface area contributed by atoms with E-state index in [1.807, 2.05) is 6.92 Å². The van der Waals surface area contributed by atoms with Crippen molar-refractivity contribution in [3.63, 3.8) is 0 Å². The summed E-state index contributed by atoms with van der Waals surface area (Å²) in [7, 11) is 0. The number of thioether (sulfide) groups is 1. The van der Waals surface area contributed by atoms with Gasteiger partial charge in [0.1, 0.15) is 11.6 Å². The highest BCUT2D eigenvalue weighted by molar-refractivity contribution is 7.98. The summed E-state index contributed by atoms with van der Waals surface area (Å²) in [5.41, 5.74) is 1.71. The van der Waals surface area contributed by atoms with Crippen LogP contribution in [0.1, 0.15) is 22.5 Å². The molecule has 0 fully saturated rings. The third-order valence-corrected chi connectivity index (χ3v) is 4.98. The number of nitrogens with one attached hydrogen (secondary N) is 2. The van der Waals surface area contributed by atoms with E-state index in [0.29, 0.717) is 23.1 Å². The number of aryl methyl sites for hydroxylation is 1. The summed E-state index contributed by atoms with van der Waals surface area (Å²) in [6.07, 6.45) is -4.47. The maximum atomic E-state index is 13.4. The van der Waals surface area contributed by atoms with Crippen molar-refractivity contribution in [3.05, 3.63) is 52.8 Å². The molecule has 2 aromatic heterocycles. The molecule has 1 aromatic carbocycles. The Kier molecular flexibility index (Phi) is 4.10. The topological polar surface area (TPSA) is 66.5 Å². The van der Waals surface area contributed by atoms with Gasteiger partial charge in [0.15, 0.2) is 5.82 Å². The molecule has 2 N–H and O–H groups in total. The summed E-state index contributed by atoms with van der Waals surface area (Å²) in [5, 5.41) is 10.0. The van der Waals surface area contributed by atoms with E-state index < -0.39 is 11.7 Å². The van der Waals surface area contributed by atoms with Gasteiger partial charge < -0.3 is 5.32 Å². The van der Waals surface area contributed by atoms with Gasteiger partial charge in [0.2, 0.25) is 0 Å². The minimum atomic E-state index is -4.47. The number of halogens is 3. The lowest BCUT2D eigenvalue weighted by Gasteiger charge is -2.14. The Labute approximate surface area is 151 Å². The van der Waals surface area contributed by atoms with Crippen molar-refractivity contribution in [2.45, 2.75) is 24.6 Å². The van der Waals surface area contributed by atoms with Crippen LogP contribution in [0.4, 0.5) is 24.8 Å². The molecule has 0 amide bonds. The number of fused-ring (bicyclic) bond motifs is 1. The zero-order valence-corrected chi connectivity index (χ0v) is 14.5. The molecule has 0 bridgehead atoms. The highest BCUT2D eigenvalue weighted by Gasteiger charge is 2.34. The first-order chi connectivity index (χ1) is 12.4. The van der Waals surface area contributed by atoms with Crippen molar-refractivity contribution in [3.8, 4) is 11.4 Å². The molecule has 1 aliphatic rings. The molecule has 0 spiro atoms. The maximum Gasteiger partial charge on any atom is 0.417 e. The lowest BCUT2D eigenvalue weighted by molar-refractivity contribution is -0.137. The predicted molar refractivity (Wildman–Crippen MR) is 94.1 cm³/mol. The average Bonchev–Trinajstić information content (AvgIpc) is 3.23. The second kappa shape index (κ2) is 6.31. The minimum absolute atomic E-state index is 0.0245. The molecule has 0 radical (unpaired) electrons. The highest BCUT2D eigenvalue weighted by atomic mass is 32.2. The van der Waals surface area contributed by atoms with E-state index >= 15 is 0 Å². The van der Waals surface area contributed by atoms with Crippen LogP contribution in [-0.2, 0) is 17.7 Å². The summed E-state index contributed by atoms with van der Waals surface area (Å²) in [6, 6.07) is 7.17. The summed E-state index contributed by atoms with van der Waals surface area (Å²) >= 11 is 1.66. The smallest absolute Gasteiger partial charge is 0.325 e. The first-order valence-electron chi connectivity index (χ1n) is 7.85. The van der Waals surface area contributed by atoms with Crippen molar-refractivity contribution in [1.82, 2.24) is 20.2 Å². The fraction of sp³-hybridized carbons (Fsp3) is 0.235. The van der Waals surface area contributed by atoms with Crippen LogP contribution < -0.4 is 5.32 Å². The molecule has 1 aliphatic heterocycles. The third-order valence-electron chi connectivity index (χ3n) is 4.01. The zero-order valence-electron chi connectivity index (χ0n) is 13.7. The largest absolute Gasteiger partial charge is 0.417 e. The van der Waals surface area contributed by atoms with Crippen LogP contribution in [0.3, 0.4) is 0 Å². The second-order valence-electron chi connectivity index (χ2n) is 5.91. The second-order valence-corrected chi connectivity index (χ2v) is 6.89. The Balaban J connectivity index is 1.83. The molecule has 134 valence electrons. The molecule has 4 rings (SSSR count). The maximum absolute atomic E-state index is 13.4. The van der Waals surface area contributed by atoms with E-state index in [1.54, 1.807) is 23.9 Å². The van der Waals surface area contributed by atoms with Crippen LogP contribution in [0, 0.1) is 6.92 Å². The number of rotatable bonds is 3. The van der Waals surface area contributed by atoms with Gasteiger partial charge >= 0.3 is 6.18 Å². The molecule has 0 aliphatic carbocycles. The predicted octanol–water partition coefficient (Wildman–Crippen LogP) is 4.68. The molecule has 3 aromatic rings. The number of H-pyrrole nitrogens is 1. The van der Waals surface area contributed by atoms with Gasteiger partial charge in [-0.25, -0.2) is 9.97 Å². The van der Waals surface area contributed by atoms with Gasteiger partial charge in [-0.3, -0.25) is 5.10 Å². The van der Waals surface area contributed by atoms with Crippen LogP contribution in [-0.4, -0.2) is 20.2 Å². The van der Waals surface area contributed by atoms with Gasteiger partial charge in [0, 0.05) is 28.7 Å². The lowest BCUT2D eigenvalue weighted by Crippen LogP contribution is -2.10. The highest BCUT2D eigenvalue weighted by Crippen LogP contribution is 2.39. The molecule has 26 heavy (non-hydrogen) atoms. The van der Waals surface area contributed by atoms with Crippen molar-refractivity contribution in [2.75, 3.05) is 5.32 Å². The van der Waals surface area contributed by atoms with E-state index in [9.17, 15) is 13.2 Å². The van der Waals surface area contributed by atoms with E-state index in [-0.39, 0.29) is 11.4 Å². The van der Waals surface area contributed by atoms with E-state index in [1.165, 1.54) is 12.1 Å². The van der Waals surface area contributed by atoms with Gasteiger partial charge in [-0.2, -0.15) is 30.0 Å². The van der Waals surface area contributed by atoms with Crippen LogP contribution in [0.15, 0.2) is 30.3 Å². The summed E-state index contributed by atoms with van der Waals surface area (Å²) < 4.78 is 40.1. The van der Waals surface area contributed by atoms with Crippen LogP contribution in [0.5, 0.6) is 0 Å². The first kappa shape index (κ1) is 16.9.